The molecular formula is C16H17NO3S2. The predicted molar refractivity (Wildman–Crippen MR) is 89.3 cm³/mol. The Balaban J connectivity index is 1.98. The van der Waals surface area contributed by atoms with E-state index in [1.165, 1.54) is 16.0 Å². The summed E-state index contributed by atoms with van der Waals surface area (Å²) in [6.45, 7) is 6.23. The summed E-state index contributed by atoms with van der Waals surface area (Å²) in [5, 5.41) is 0. The van der Waals surface area contributed by atoms with Crippen molar-refractivity contribution >= 4 is 29.5 Å². The SMILES string of the molecule is CCOC(=O)COc1cc(C)c(C)c2c1Cc1sc(=S)[nH]c1-2. The molecule has 22 heavy (non-hydrogen) atoms. The number of aromatic amines is 1. The van der Waals surface area contributed by atoms with Crippen molar-refractivity contribution in [1.82, 2.24) is 4.98 Å². The average Bonchev–Trinajstić information content (AvgIpc) is 2.97. The number of benzene rings is 1. The van der Waals surface area contributed by atoms with E-state index in [1.54, 1.807) is 18.3 Å². The highest BCUT2D eigenvalue weighted by atomic mass is 32.1. The maximum absolute atomic E-state index is 11.5. The van der Waals surface area contributed by atoms with Crippen LogP contribution in [-0.4, -0.2) is 24.2 Å². The zero-order chi connectivity index (χ0) is 15.9. The topological polar surface area (TPSA) is 51.3 Å². The number of aryl methyl sites for hydroxylation is 1. The number of rotatable bonds is 4. The highest BCUT2D eigenvalue weighted by molar-refractivity contribution is 7.73. The van der Waals surface area contributed by atoms with Crippen LogP contribution in [0.4, 0.5) is 0 Å². The Morgan fingerprint density at radius 3 is 2.95 bits per heavy atom. The van der Waals surface area contributed by atoms with E-state index in [-0.39, 0.29) is 12.6 Å². The lowest BCUT2D eigenvalue weighted by Gasteiger charge is -2.14. The highest BCUT2D eigenvalue weighted by Gasteiger charge is 2.27. The number of ether oxygens (including phenoxy) is 2. The Morgan fingerprint density at radius 1 is 1.45 bits per heavy atom. The molecule has 0 radical (unpaired) electrons. The van der Waals surface area contributed by atoms with Crippen molar-refractivity contribution in [2.24, 2.45) is 0 Å². The van der Waals surface area contributed by atoms with Gasteiger partial charge < -0.3 is 14.5 Å². The zero-order valence-corrected chi connectivity index (χ0v) is 14.4. The van der Waals surface area contributed by atoms with Crippen LogP contribution in [0.1, 0.15) is 28.5 Å². The standard InChI is InChI=1S/C16H17NO3S2/c1-4-19-13(18)7-20-11-5-8(2)9(3)14-10(11)6-12-15(14)17-16(21)22-12/h5H,4,6-7H2,1-3H3,(H,17,21). The minimum Gasteiger partial charge on any atom is -0.482 e. The molecule has 0 unspecified atom stereocenters. The molecule has 3 rings (SSSR count). The van der Waals surface area contributed by atoms with Crippen LogP contribution in [0.15, 0.2) is 6.07 Å². The van der Waals surface area contributed by atoms with Gasteiger partial charge in [0.05, 0.1) is 12.3 Å². The Morgan fingerprint density at radius 2 is 2.23 bits per heavy atom. The van der Waals surface area contributed by atoms with Crippen molar-refractivity contribution in [1.29, 1.82) is 0 Å². The van der Waals surface area contributed by atoms with E-state index < -0.39 is 0 Å². The maximum Gasteiger partial charge on any atom is 0.344 e. The molecule has 0 saturated carbocycles. The Kier molecular flexibility index (Phi) is 4.06. The van der Waals surface area contributed by atoms with Crippen LogP contribution in [0.3, 0.4) is 0 Å². The first kappa shape index (κ1) is 15.2. The van der Waals surface area contributed by atoms with Crippen molar-refractivity contribution in [2.75, 3.05) is 13.2 Å². The fourth-order valence-corrected chi connectivity index (χ4v) is 4.02. The molecule has 4 nitrogen and oxygen atoms in total. The molecule has 1 N–H and O–H groups in total. The second kappa shape index (κ2) is 5.85. The summed E-state index contributed by atoms with van der Waals surface area (Å²) in [6.07, 6.45) is 0.793. The molecular weight excluding hydrogens is 318 g/mol. The number of nitrogens with one attached hydrogen (secondary N) is 1. The quantitative estimate of drug-likeness (QED) is 0.580. The molecule has 0 saturated heterocycles. The van der Waals surface area contributed by atoms with Gasteiger partial charge in [0.15, 0.2) is 10.6 Å². The van der Waals surface area contributed by atoms with Gasteiger partial charge in [0.2, 0.25) is 0 Å². The van der Waals surface area contributed by atoms with Crippen molar-refractivity contribution in [3.8, 4) is 17.0 Å². The predicted octanol–water partition coefficient (Wildman–Crippen LogP) is 3.94. The second-order valence-corrected chi connectivity index (χ2v) is 7.03. The van der Waals surface area contributed by atoms with Gasteiger partial charge in [-0.15, -0.1) is 11.3 Å². The van der Waals surface area contributed by atoms with Crippen molar-refractivity contribution in [2.45, 2.75) is 27.2 Å². The molecule has 1 aromatic heterocycles. The van der Waals surface area contributed by atoms with Crippen molar-refractivity contribution in [3.05, 3.63) is 31.6 Å². The maximum atomic E-state index is 11.5. The van der Waals surface area contributed by atoms with Crippen molar-refractivity contribution < 1.29 is 14.3 Å². The number of H-pyrrole nitrogens is 1. The first-order chi connectivity index (χ1) is 10.5. The minimum atomic E-state index is -0.346. The van der Waals surface area contributed by atoms with E-state index in [0.717, 1.165) is 32.9 Å². The molecule has 0 bridgehead atoms. The van der Waals surface area contributed by atoms with E-state index >= 15 is 0 Å². The number of aromatic nitrogens is 1. The molecule has 0 amide bonds. The Hall–Kier alpha value is -1.66. The van der Waals surface area contributed by atoms with E-state index in [1.807, 2.05) is 13.0 Å². The lowest BCUT2D eigenvalue weighted by atomic mass is 9.98. The molecule has 1 aliphatic carbocycles. The molecule has 0 aliphatic heterocycles. The van der Waals surface area contributed by atoms with Gasteiger partial charge in [-0.05, 0) is 50.2 Å². The number of carbonyl (C=O) groups is 1. The molecule has 116 valence electrons. The van der Waals surface area contributed by atoms with Gasteiger partial charge in [-0.2, -0.15) is 0 Å². The van der Waals surface area contributed by atoms with Crippen LogP contribution in [-0.2, 0) is 16.0 Å². The summed E-state index contributed by atoms with van der Waals surface area (Å²) >= 11 is 6.84. The normalized spacial score (nSPS) is 12.0. The van der Waals surface area contributed by atoms with Gasteiger partial charge in [0.1, 0.15) is 5.75 Å². The van der Waals surface area contributed by atoms with Crippen LogP contribution in [0.5, 0.6) is 5.75 Å². The first-order valence-corrected chi connectivity index (χ1v) is 8.37. The summed E-state index contributed by atoms with van der Waals surface area (Å²) in [7, 11) is 0. The first-order valence-electron chi connectivity index (χ1n) is 7.15. The van der Waals surface area contributed by atoms with Crippen LogP contribution in [0.25, 0.3) is 11.3 Å². The summed E-state index contributed by atoms with van der Waals surface area (Å²) in [6, 6.07) is 2.00. The molecule has 0 fully saturated rings. The van der Waals surface area contributed by atoms with Gasteiger partial charge in [0.25, 0.3) is 0 Å². The molecule has 0 spiro atoms. The number of carbonyl (C=O) groups excluding carboxylic acids is 1. The number of fused-ring (bicyclic) bond motifs is 3. The average molecular weight is 335 g/mol. The van der Waals surface area contributed by atoms with E-state index in [2.05, 4.69) is 11.9 Å². The summed E-state index contributed by atoms with van der Waals surface area (Å²) in [4.78, 5) is 16.0. The number of hydrogen-bond acceptors (Lipinski definition) is 5. The lowest BCUT2D eigenvalue weighted by molar-refractivity contribution is -0.145. The minimum absolute atomic E-state index is 0.0631. The fraction of sp³-hybridized carbons (Fsp3) is 0.375. The smallest absolute Gasteiger partial charge is 0.344 e. The van der Waals surface area contributed by atoms with Gasteiger partial charge in [-0.3, -0.25) is 0 Å². The van der Waals surface area contributed by atoms with Gasteiger partial charge in [0, 0.05) is 22.4 Å². The Bertz CT molecular complexity index is 804. The Labute approximate surface area is 138 Å². The summed E-state index contributed by atoms with van der Waals surface area (Å²) in [5.41, 5.74) is 5.76. The fourth-order valence-electron chi connectivity index (χ4n) is 2.77. The third-order valence-corrected chi connectivity index (χ3v) is 5.11. The van der Waals surface area contributed by atoms with Crippen LogP contribution in [0, 0.1) is 17.8 Å². The summed E-state index contributed by atoms with van der Waals surface area (Å²) in [5.74, 6) is 0.413. The molecule has 1 aliphatic rings. The monoisotopic (exact) mass is 335 g/mol. The lowest BCUT2D eigenvalue weighted by Crippen LogP contribution is -2.15. The van der Waals surface area contributed by atoms with Gasteiger partial charge in [-0.1, -0.05) is 0 Å². The summed E-state index contributed by atoms with van der Waals surface area (Å²) < 4.78 is 11.4. The molecule has 2 aromatic rings. The van der Waals surface area contributed by atoms with Gasteiger partial charge >= 0.3 is 5.97 Å². The number of thiazole rings is 1. The van der Waals surface area contributed by atoms with Gasteiger partial charge in [-0.25, -0.2) is 4.79 Å². The molecule has 1 heterocycles. The van der Waals surface area contributed by atoms with Crippen molar-refractivity contribution in [3.63, 3.8) is 0 Å². The van der Waals surface area contributed by atoms with E-state index in [0.29, 0.717) is 6.61 Å². The highest BCUT2D eigenvalue weighted by Crippen LogP contribution is 2.45. The number of esters is 1. The van der Waals surface area contributed by atoms with Crippen LogP contribution in [0.2, 0.25) is 0 Å². The second-order valence-electron chi connectivity index (χ2n) is 5.25. The third-order valence-electron chi connectivity index (χ3n) is 3.87. The molecule has 1 aromatic carbocycles. The molecule has 6 heteroatoms. The van der Waals surface area contributed by atoms with E-state index in [9.17, 15) is 4.79 Å². The largest absolute Gasteiger partial charge is 0.482 e. The van der Waals surface area contributed by atoms with Crippen LogP contribution < -0.4 is 4.74 Å². The van der Waals surface area contributed by atoms with E-state index in [4.69, 9.17) is 21.7 Å². The third kappa shape index (κ3) is 2.57. The van der Waals surface area contributed by atoms with Crippen LogP contribution >= 0.6 is 23.6 Å². The molecule has 0 atom stereocenters. The number of hydrogen-bond donors (Lipinski definition) is 1. The zero-order valence-electron chi connectivity index (χ0n) is 12.7.